The van der Waals surface area contributed by atoms with Crippen LogP contribution in [0.3, 0.4) is 0 Å². The summed E-state index contributed by atoms with van der Waals surface area (Å²) in [6.07, 6.45) is 1.20. The normalized spacial score (nSPS) is 9.00. The van der Waals surface area contributed by atoms with Crippen molar-refractivity contribution in [3.05, 3.63) is 24.0 Å². The minimum Gasteiger partial charge on any atom is -0.505 e. The zero-order chi connectivity index (χ0) is 11.3. The molecule has 1 rings (SSSR count). The summed E-state index contributed by atoms with van der Waals surface area (Å²) in [6.45, 7) is 0.00415. The Morgan fingerprint density at radius 3 is 2.69 bits per heavy atom. The Balaban J connectivity index is 0.00000225. The maximum absolute atomic E-state index is 11.3. The lowest BCUT2D eigenvalue weighted by Crippen LogP contribution is -2.26. The van der Waals surface area contributed by atoms with Gasteiger partial charge in [-0.15, -0.1) is 12.4 Å². The van der Waals surface area contributed by atoms with Gasteiger partial charge in [0.1, 0.15) is 5.75 Å². The number of hydrogen-bond acceptors (Lipinski definition) is 4. The molecule has 1 amide bonds. The van der Waals surface area contributed by atoms with E-state index in [0.717, 1.165) is 0 Å². The van der Waals surface area contributed by atoms with E-state index in [9.17, 15) is 14.7 Å². The van der Waals surface area contributed by atoms with Crippen LogP contribution >= 0.6 is 12.4 Å². The standard InChI is InChI=1S/C9H10N2O4.ClH/c12-6-2-1-4-10-8(6)9(15)11-5-3-7(13)14;/h1-2,4,12H,3,5H2,(H,11,15)(H,13,14);1H. The molecule has 0 aliphatic heterocycles. The highest BCUT2D eigenvalue weighted by Crippen LogP contribution is 2.11. The van der Waals surface area contributed by atoms with Crippen molar-refractivity contribution in [1.82, 2.24) is 10.3 Å². The third-order valence-corrected chi connectivity index (χ3v) is 1.63. The SMILES string of the molecule is Cl.O=C(O)CCNC(=O)c1ncccc1O. The molecule has 0 aliphatic carbocycles. The first kappa shape index (κ1) is 14.2. The van der Waals surface area contributed by atoms with Crippen molar-refractivity contribution in [2.45, 2.75) is 6.42 Å². The summed E-state index contributed by atoms with van der Waals surface area (Å²) in [5, 5.41) is 19.9. The summed E-state index contributed by atoms with van der Waals surface area (Å²) in [7, 11) is 0. The minimum atomic E-state index is -0.999. The Labute approximate surface area is 97.7 Å². The number of carboxylic acid groups (broad SMARTS) is 1. The first-order chi connectivity index (χ1) is 7.11. The molecule has 6 nitrogen and oxygen atoms in total. The number of aromatic nitrogens is 1. The third kappa shape index (κ3) is 4.14. The largest absolute Gasteiger partial charge is 0.505 e. The second-order valence-corrected chi connectivity index (χ2v) is 2.77. The summed E-state index contributed by atoms with van der Waals surface area (Å²) in [5.41, 5.74) is -0.108. The van der Waals surface area contributed by atoms with Crippen LogP contribution in [0.5, 0.6) is 5.75 Å². The molecule has 0 atom stereocenters. The summed E-state index contributed by atoms with van der Waals surface area (Å²) >= 11 is 0. The predicted octanol–water partition coefficient (Wildman–Crippen LogP) is 0.414. The number of aromatic hydroxyl groups is 1. The third-order valence-electron chi connectivity index (χ3n) is 1.63. The lowest BCUT2D eigenvalue weighted by Gasteiger charge is -2.03. The number of pyridine rings is 1. The number of carboxylic acids is 1. The van der Waals surface area contributed by atoms with Crippen LogP contribution in [0.15, 0.2) is 18.3 Å². The Hall–Kier alpha value is -1.82. The van der Waals surface area contributed by atoms with Gasteiger partial charge in [0.05, 0.1) is 6.42 Å². The van der Waals surface area contributed by atoms with Crippen molar-refractivity contribution in [1.29, 1.82) is 0 Å². The molecule has 3 N–H and O–H groups in total. The van der Waals surface area contributed by atoms with Gasteiger partial charge in [-0.25, -0.2) is 4.98 Å². The molecule has 0 bridgehead atoms. The van der Waals surface area contributed by atoms with E-state index in [4.69, 9.17) is 5.11 Å². The highest BCUT2D eigenvalue weighted by molar-refractivity contribution is 5.94. The Morgan fingerprint density at radius 2 is 2.12 bits per heavy atom. The van der Waals surface area contributed by atoms with E-state index in [0.29, 0.717) is 0 Å². The van der Waals surface area contributed by atoms with Crippen LogP contribution in [0, 0.1) is 0 Å². The van der Waals surface area contributed by atoms with Crippen molar-refractivity contribution in [2.75, 3.05) is 6.54 Å². The zero-order valence-electron chi connectivity index (χ0n) is 8.21. The minimum absolute atomic E-state index is 0. The van der Waals surface area contributed by atoms with Gasteiger partial charge < -0.3 is 15.5 Å². The van der Waals surface area contributed by atoms with Gasteiger partial charge >= 0.3 is 5.97 Å². The monoisotopic (exact) mass is 246 g/mol. The molecule has 0 saturated carbocycles. The van der Waals surface area contributed by atoms with E-state index in [1.54, 1.807) is 0 Å². The average molecular weight is 247 g/mol. The molecular weight excluding hydrogens is 236 g/mol. The number of amides is 1. The van der Waals surface area contributed by atoms with E-state index in [1.165, 1.54) is 18.3 Å². The van der Waals surface area contributed by atoms with Crippen LogP contribution < -0.4 is 5.32 Å². The van der Waals surface area contributed by atoms with Gasteiger partial charge in [-0.05, 0) is 12.1 Å². The van der Waals surface area contributed by atoms with E-state index in [2.05, 4.69) is 10.3 Å². The first-order valence-electron chi connectivity index (χ1n) is 4.25. The second-order valence-electron chi connectivity index (χ2n) is 2.77. The van der Waals surface area contributed by atoms with Gasteiger partial charge in [0.15, 0.2) is 5.69 Å². The maximum Gasteiger partial charge on any atom is 0.305 e. The number of carbonyl (C=O) groups excluding carboxylic acids is 1. The number of nitrogens with zero attached hydrogens (tertiary/aromatic N) is 1. The quantitative estimate of drug-likeness (QED) is 0.715. The molecular formula is C9H11ClN2O4. The summed E-state index contributed by atoms with van der Waals surface area (Å²) in [4.78, 5) is 25.2. The summed E-state index contributed by atoms with van der Waals surface area (Å²) < 4.78 is 0. The van der Waals surface area contributed by atoms with Gasteiger partial charge in [0.25, 0.3) is 5.91 Å². The number of rotatable bonds is 4. The molecule has 7 heteroatoms. The Morgan fingerprint density at radius 1 is 1.44 bits per heavy atom. The average Bonchev–Trinajstić information content (AvgIpc) is 2.17. The van der Waals surface area contributed by atoms with Gasteiger partial charge in [0.2, 0.25) is 0 Å². The van der Waals surface area contributed by atoms with Gasteiger partial charge in [0, 0.05) is 12.7 Å². The highest BCUT2D eigenvalue weighted by Gasteiger charge is 2.11. The Bertz CT molecular complexity index is 384. The van der Waals surface area contributed by atoms with Crippen LogP contribution in [0.4, 0.5) is 0 Å². The first-order valence-corrected chi connectivity index (χ1v) is 4.25. The Kier molecular flexibility index (Phi) is 5.87. The highest BCUT2D eigenvalue weighted by atomic mass is 35.5. The molecule has 1 aromatic rings. The fraction of sp³-hybridized carbons (Fsp3) is 0.222. The maximum atomic E-state index is 11.3. The van der Waals surface area contributed by atoms with Crippen LogP contribution in [0.2, 0.25) is 0 Å². The number of nitrogens with one attached hydrogen (secondary N) is 1. The molecule has 16 heavy (non-hydrogen) atoms. The smallest absolute Gasteiger partial charge is 0.305 e. The van der Waals surface area contributed by atoms with Crippen LogP contribution in [0.25, 0.3) is 0 Å². The molecule has 0 spiro atoms. The zero-order valence-corrected chi connectivity index (χ0v) is 9.03. The van der Waals surface area contributed by atoms with Gasteiger partial charge in [-0.3, -0.25) is 9.59 Å². The second kappa shape index (κ2) is 6.62. The van der Waals surface area contributed by atoms with E-state index >= 15 is 0 Å². The topological polar surface area (TPSA) is 99.5 Å². The lowest BCUT2D eigenvalue weighted by atomic mass is 10.3. The van der Waals surface area contributed by atoms with Crippen molar-refractivity contribution < 1.29 is 19.8 Å². The molecule has 0 saturated heterocycles. The van der Waals surface area contributed by atoms with Crippen LogP contribution in [0.1, 0.15) is 16.9 Å². The van der Waals surface area contributed by atoms with Crippen LogP contribution in [-0.4, -0.2) is 33.6 Å². The van der Waals surface area contributed by atoms with E-state index < -0.39 is 11.9 Å². The van der Waals surface area contributed by atoms with Crippen molar-refractivity contribution >= 4 is 24.3 Å². The molecule has 0 unspecified atom stereocenters. The molecule has 1 heterocycles. The van der Waals surface area contributed by atoms with Crippen molar-refractivity contribution in [3.8, 4) is 5.75 Å². The molecule has 0 radical (unpaired) electrons. The lowest BCUT2D eigenvalue weighted by molar-refractivity contribution is -0.136. The van der Waals surface area contributed by atoms with Crippen molar-refractivity contribution in [3.63, 3.8) is 0 Å². The summed E-state index contributed by atoms with van der Waals surface area (Å²) in [6, 6.07) is 2.82. The molecule has 0 aliphatic rings. The number of aliphatic carboxylic acids is 1. The van der Waals surface area contributed by atoms with Gasteiger partial charge in [-0.1, -0.05) is 0 Å². The molecule has 1 aromatic heterocycles. The molecule has 0 fully saturated rings. The molecule has 88 valence electrons. The number of halogens is 1. The van der Waals surface area contributed by atoms with Crippen LogP contribution in [-0.2, 0) is 4.79 Å². The summed E-state index contributed by atoms with van der Waals surface area (Å²) in [5.74, 6) is -1.82. The van der Waals surface area contributed by atoms with E-state index in [1.807, 2.05) is 0 Å². The van der Waals surface area contributed by atoms with E-state index in [-0.39, 0.29) is 36.8 Å². The number of hydrogen-bond donors (Lipinski definition) is 3. The fourth-order valence-electron chi connectivity index (χ4n) is 0.938. The van der Waals surface area contributed by atoms with Gasteiger partial charge in [-0.2, -0.15) is 0 Å². The fourth-order valence-corrected chi connectivity index (χ4v) is 0.938. The number of carbonyl (C=O) groups is 2. The predicted molar refractivity (Wildman–Crippen MR) is 57.7 cm³/mol. The van der Waals surface area contributed by atoms with Crippen molar-refractivity contribution in [2.24, 2.45) is 0 Å². The molecule has 0 aromatic carbocycles.